The zero-order valence-electron chi connectivity index (χ0n) is 9.39. The van der Waals surface area contributed by atoms with Crippen molar-refractivity contribution in [1.29, 1.82) is 0 Å². The van der Waals surface area contributed by atoms with Gasteiger partial charge in [0.25, 0.3) is 0 Å². The molecule has 0 radical (unpaired) electrons. The maximum atomic E-state index is 5.90. The van der Waals surface area contributed by atoms with Crippen LogP contribution < -0.4 is 5.43 Å². The summed E-state index contributed by atoms with van der Waals surface area (Å²) >= 11 is 0. The number of rotatable bonds is 2. The first-order valence-electron chi connectivity index (χ1n) is 5.98. The van der Waals surface area contributed by atoms with Crippen LogP contribution in [0.3, 0.4) is 0 Å². The van der Waals surface area contributed by atoms with E-state index in [9.17, 15) is 0 Å². The molecule has 2 saturated heterocycles. The first-order chi connectivity index (χ1) is 7.86. The molecule has 0 amide bonds. The fourth-order valence-electron chi connectivity index (χ4n) is 2.63. The molecule has 3 heterocycles. The number of ether oxygens (including phenoxy) is 2. The van der Waals surface area contributed by atoms with E-state index in [-0.39, 0.29) is 5.60 Å². The Morgan fingerprint density at radius 3 is 2.88 bits per heavy atom. The van der Waals surface area contributed by atoms with E-state index in [1.54, 1.807) is 0 Å². The van der Waals surface area contributed by atoms with Gasteiger partial charge in [0.2, 0.25) is 0 Å². The minimum absolute atomic E-state index is 0.0108. The highest BCUT2D eigenvalue weighted by atomic mass is 16.6. The van der Waals surface area contributed by atoms with E-state index in [4.69, 9.17) is 9.47 Å². The van der Waals surface area contributed by atoms with E-state index in [0.29, 0.717) is 6.04 Å². The van der Waals surface area contributed by atoms with Gasteiger partial charge >= 0.3 is 0 Å². The highest BCUT2D eigenvalue weighted by molar-refractivity contribution is 5.00. The standard InChI is InChI=1S/C12H18N2O2/c1-2-6-14(5-1)13-11-3-7-16-12(9-11)4-8-15-10-12/h1-2,5-6,11,13H,3-4,7-10H2. The molecule has 3 rings (SSSR count). The molecule has 1 aromatic heterocycles. The van der Waals surface area contributed by atoms with E-state index in [1.807, 2.05) is 29.2 Å². The molecular formula is C12H18N2O2. The molecule has 16 heavy (non-hydrogen) atoms. The summed E-state index contributed by atoms with van der Waals surface area (Å²) in [6.07, 6.45) is 7.22. The average Bonchev–Trinajstić information content (AvgIpc) is 2.91. The van der Waals surface area contributed by atoms with Gasteiger partial charge in [0.05, 0.1) is 12.2 Å². The quantitative estimate of drug-likeness (QED) is 0.821. The molecule has 1 spiro atoms. The van der Waals surface area contributed by atoms with Crippen molar-refractivity contribution in [1.82, 2.24) is 4.68 Å². The van der Waals surface area contributed by atoms with Gasteiger partial charge in [-0.25, -0.2) is 0 Å². The molecule has 2 atom stereocenters. The fourth-order valence-corrected chi connectivity index (χ4v) is 2.63. The third kappa shape index (κ3) is 1.95. The van der Waals surface area contributed by atoms with Crippen molar-refractivity contribution in [3.63, 3.8) is 0 Å². The predicted molar refractivity (Wildman–Crippen MR) is 60.9 cm³/mol. The minimum Gasteiger partial charge on any atom is -0.378 e. The molecule has 2 unspecified atom stereocenters. The maximum absolute atomic E-state index is 5.90. The van der Waals surface area contributed by atoms with Crippen molar-refractivity contribution in [2.24, 2.45) is 0 Å². The molecule has 1 aromatic rings. The van der Waals surface area contributed by atoms with Crippen LogP contribution in [0.4, 0.5) is 0 Å². The van der Waals surface area contributed by atoms with Gasteiger partial charge in [0.1, 0.15) is 0 Å². The lowest BCUT2D eigenvalue weighted by Crippen LogP contribution is -2.46. The normalized spacial score (nSPS) is 34.4. The van der Waals surface area contributed by atoms with Crippen molar-refractivity contribution < 1.29 is 9.47 Å². The molecule has 0 aliphatic carbocycles. The van der Waals surface area contributed by atoms with Crippen LogP contribution in [0.1, 0.15) is 19.3 Å². The predicted octanol–water partition coefficient (Wildman–Crippen LogP) is 1.37. The number of hydrogen-bond donors (Lipinski definition) is 1. The average molecular weight is 222 g/mol. The zero-order chi connectivity index (χ0) is 10.8. The van der Waals surface area contributed by atoms with Crippen LogP contribution in [-0.4, -0.2) is 36.1 Å². The largest absolute Gasteiger partial charge is 0.378 e. The van der Waals surface area contributed by atoms with E-state index >= 15 is 0 Å². The van der Waals surface area contributed by atoms with Gasteiger partial charge in [0.15, 0.2) is 0 Å². The van der Waals surface area contributed by atoms with Crippen LogP contribution in [0.15, 0.2) is 24.5 Å². The lowest BCUT2D eigenvalue weighted by Gasteiger charge is -2.37. The summed E-state index contributed by atoms with van der Waals surface area (Å²) in [6, 6.07) is 4.55. The third-order valence-electron chi connectivity index (χ3n) is 3.50. The summed E-state index contributed by atoms with van der Waals surface area (Å²) in [7, 11) is 0. The second-order valence-corrected chi connectivity index (χ2v) is 4.74. The van der Waals surface area contributed by atoms with Gasteiger partial charge in [-0.3, -0.25) is 4.68 Å². The van der Waals surface area contributed by atoms with Gasteiger partial charge in [-0.2, -0.15) is 0 Å². The zero-order valence-corrected chi connectivity index (χ0v) is 9.39. The summed E-state index contributed by atoms with van der Waals surface area (Å²) in [5.74, 6) is 0. The molecule has 0 aromatic carbocycles. The van der Waals surface area contributed by atoms with E-state index in [0.717, 1.165) is 39.1 Å². The number of aromatic nitrogens is 1. The summed E-state index contributed by atoms with van der Waals surface area (Å²) in [6.45, 7) is 2.44. The maximum Gasteiger partial charge on any atom is 0.0956 e. The van der Waals surface area contributed by atoms with E-state index in [2.05, 4.69) is 5.43 Å². The molecule has 2 aliphatic rings. The van der Waals surface area contributed by atoms with Crippen LogP contribution in [-0.2, 0) is 9.47 Å². The summed E-state index contributed by atoms with van der Waals surface area (Å²) < 4.78 is 13.4. The topological polar surface area (TPSA) is 35.4 Å². The van der Waals surface area contributed by atoms with E-state index < -0.39 is 0 Å². The molecule has 88 valence electrons. The lowest BCUT2D eigenvalue weighted by atomic mass is 9.90. The Labute approximate surface area is 95.5 Å². The number of nitrogens with zero attached hydrogens (tertiary/aromatic N) is 1. The van der Waals surface area contributed by atoms with Crippen molar-refractivity contribution in [3.8, 4) is 0 Å². The molecule has 2 fully saturated rings. The third-order valence-corrected chi connectivity index (χ3v) is 3.50. The minimum atomic E-state index is -0.0108. The molecule has 1 N–H and O–H groups in total. The monoisotopic (exact) mass is 222 g/mol. The molecule has 0 saturated carbocycles. The van der Waals surface area contributed by atoms with Crippen LogP contribution >= 0.6 is 0 Å². The van der Waals surface area contributed by atoms with E-state index in [1.165, 1.54) is 0 Å². The molecule has 4 heteroatoms. The Bertz CT molecular complexity index is 331. The van der Waals surface area contributed by atoms with Gasteiger partial charge in [-0.15, -0.1) is 0 Å². The Morgan fingerprint density at radius 1 is 1.25 bits per heavy atom. The lowest BCUT2D eigenvalue weighted by molar-refractivity contribution is -0.0840. The fraction of sp³-hybridized carbons (Fsp3) is 0.667. The summed E-state index contributed by atoms with van der Waals surface area (Å²) in [5, 5.41) is 0. The second kappa shape index (κ2) is 4.11. The highest BCUT2D eigenvalue weighted by Crippen LogP contribution is 2.33. The van der Waals surface area contributed by atoms with Crippen LogP contribution in [0.5, 0.6) is 0 Å². The van der Waals surface area contributed by atoms with Gasteiger partial charge < -0.3 is 14.9 Å². The van der Waals surface area contributed by atoms with Crippen LogP contribution in [0.2, 0.25) is 0 Å². The highest BCUT2D eigenvalue weighted by Gasteiger charge is 2.41. The van der Waals surface area contributed by atoms with Gasteiger partial charge in [-0.05, 0) is 18.6 Å². The smallest absolute Gasteiger partial charge is 0.0956 e. The van der Waals surface area contributed by atoms with Crippen LogP contribution in [0.25, 0.3) is 0 Å². The Balaban J connectivity index is 1.63. The van der Waals surface area contributed by atoms with Crippen molar-refractivity contribution >= 4 is 0 Å². The number of nitrogens with one attached hydrogen (secondary N) is 1. The molecule has 2 aliphatic heterocycles. The van der Waals surface area contributed by atoms with Crippen LogP contribution in [0, 0.1) is 0 Å². The Morgan fingerprint density at radius 2 is 2.12 bits per heavy atom. The summed E-state index contributed by atoms with van der Waals surface area (Å²) in [4.78, 5) is 0. The van der Waals surface area contributed by atoms with Crippen molar-refractivity contribution in [3.05, 3.63) is 24.5 Å². The van der Waals surface area contributed by atoms with Crippen molar-refractivity contribution in [2.75, 3.05) is 25.2 Å². The SMILES string of the molecule is c1ccn(NC2CCOC3(CCOC3)C2)c1. The number of hydrogen-bond acceptors (Lipinski definition) is 3. The molecule has 4 nitrogen and oxygen atoms in total. The molecule has 0 bridgehead atoms. The summed E-state index contributed by atoms with van der Waals surface area (Å²) in [5.41, 5.74) is 3.48. The van der Waals surface area contributed by atoms with Crippen molar-refractivity contribution in [2.45, 2.75) is 30.9 Å². The van der Waals surface area contributed by atoms with Gasteiger partial charge in [-0.1, -0.05) is 0 Å². The first kappa shape index (κ1) is 10.2. The Kier molecular flexibility index (Phi) is 2.61. The first-order valence-corrected chi connectivity index (χ1v) is 5.98. The second-order valence-electron chi connectivity index (χ2n) is 4.74. The molecular weight excluding hydrogens is 204 g/mol. The van der Waals surface area contributed by atoms with Gasteiger partial charge in [0, 0.05) is 44.5 Å². The Hall–Kier alpha value is -1.00.